The summed E-state index contributed by atoms with van der Waals surface area (Å²) in [4.78, 5) is 40.7. The van der Waals surface area contributed by atoms with Crippen LogP contribution < -0.4 is 10.6 Å². The van der Waals surface area contributed by atoms with Crippen molar-refractivity contribution in [3.63, 3.8) is 0 Å². The molecule has 1 saturated carbocycles. The maximum Gasteiger partial charge on any atom is 0.262 e. The molecule has 4 rings (SSSR count). The molecule has 7 heteroatoms. The van der Waals surface area contributed by atoms with E-state index in [1.54, 1.807) is 6.07 Å². The number of aryl methyl sites for hydroxylation is 1. The lowest BCUT2D eigenvalue weighted by molar-refractivity contribution is -0.124. The SMILES string of the molecule is Cc1ccc(C(=O)N2CCC(C(NC(=O)c3cccs3)C(=O)NC3CC3)CC2)cc1. The van der Waals surface area contributed by atoms with E-state index in [0.717, 1.165) is 18.4 Å². The van der Waals surface area contributed by atoms with E-state index < -0.39 is 6.04 Å². The number of piperidine rings is 1. The molecular formula is C23H27N3O3S. The Balaban J connectivity index is 1.40. The first-order valence-electron chi connectivity index (χ1n) is 10.5. The van der Waals surface area contributed by atoms with Gasteiger partial charge < -0.3 is 15.5 Å². The van der Waals surface area contributed by atoms with Crippen LogP contribution in [0.15, 0.2) is 41.8 Å². The molecule has 6 nitrogen and oxygen atoms in total. The quantitative estimate of drug-likeness (QED) is 0.747. The van der Waals surface area contributed by atoms with Gasteiger partial charge in [-0.2, -0.15) is 0 Å². The van der Waals surface area contributed by atoms with Gasteiger partial charge in [0, 0.05) is 24.7 Å². The molecule has 1 unspecified atom stereocenters. The van der Waals surface area contributed by atoms with Crippen LogP contribution in [0.25, 0.3) is 0 Å². The first kappa shape index (κ1) is 20.6. The van der Waals surface area contributed by atoms with E-state index in [1.165, 1.54) is 11.3 Å². The second-order valence-corrected chi connectivity index (χ2v) is 9.15. The number of carbonyl (C=O) groups is 3. The lowest BCUT2D eigenvalue weighted by Crippen LogP contribution is -2.54. The fraction of sp³-hybridized carbons (Fsp3) is 0.435. The lowest BCUT2D eigenvalue weighted by Gasteiger charge is -2.35. The second-order valence-electron chi connectivity index (χ2n) is 8.21. The topological polar surface area (TPSA) is 78.5 Å². The summed E-state index contributed by atoms with van der Waals surface area (Å²) in [5.41, 5.74) is 1.81. The van der Waals surface area contributed by atoms with Crippen LogP contribution in [0, 0.1) is 12.8 Å². The summed E-state index contributed by atoms with van der Waals surface area (Å²) in [7, 11) is 0. The number of hydrogen-bond acceptors (Lipinski definition) is 4. The molecule has 1 aliphatic carbocycles. The standard InChI is InChI=1S/C23H27N3O3S/c1-15-4-6-17(7-5-15)23(29)26-12-10-16(11-13-26)20(22(28)24-18-8-9-18)25-21(27)19-3-2-14-30-19/h2-7,14,16,18,20H,8-13H2,1H3,(H,24,28)(H,25,27). The van der Waals surface area contributed by atoms with E-state index in [2.05, 4.69) is 10.6 Å². The maximum atomic E-state index is 12.9. The maximum absolute atomic E-state index is 12.9. The molecule has 0 bridgehead atoms. The van der Waals surface area contributed by atoms with Gasteiger partial charge in [0.25, 0.3) is 11.8 Å². The molecule has 1 aliphatic heterocycles. The van der Waals surface area contributed by atoms with Gasteiger partial charge in [-0.05, 0) is 62.1 Å². The van der Waals surface area contributed by atoms with Crippen LogP contribution in [-0.2, 0) is 4.79 Å². The lowest BCUT2D eigenvalue weighted by atomic mass is 9.88. The van der Waals surface area contributed by atoms with Crippen LogP contribution in [0.5, 0.6) is 0 Å². The first-order valence-corrected chi connectivity index (χ1v) is 11.4. The molecule has 1 saturated heterocycles. The van der Waals surface area contributed by atoms with Crippen LogP contribution in [-0.4, -0.2) is 47.8 Å². The largest absolute Gasteiger partial charge is 0.352 e. The van der Waals surface area contributed by atoms with Crippen molar-refractivity contribution >= 4 is 29.1 Å². The summed E-state index contributed by atoms with van der Waals surface area (Å²) >= 11 is 1.36. The van der Waals surface area contributed by atoms with E-state index in [0.29, 0.717) is 36.4 Å². The van der Waals surface area contributed by atoms with Gasteiger partial charge in [-0.1, -0.05) is 23.8 Å². The minimum Gasteiger partial charge on any atom is -0.352 e. The number of nitrogens with one attached hydrogen (secondary N) is 2. The number of rotatable bonds is 6. The molecule has 1 atom stereocenters. The zero-order valence-corrected chi connectivity index (χ0v) is 17.9. The Labute approximate surface area is 180 Å². The summed E-state index contributed by atoms with van der Waals surface area (Å²) in [6.45, 7) is 3.16. The molecule has 2 fully saturated rings. The highest BCUT2D eigenvalue weighted by atomic mass is 32.1. The average molecular weight is 426 g/mol. The summed E-state index contributed by atoms with van der Waals surface area (Å²) in [6, 6.07) is 10.9. The summed E-state index contributed by atoms with van der Waals surface area (Å²) in [5.74, 6) is -0.283. The Bertz CT molecular complexity index is 898. The Hall–Kier alpha value is -2.67. The molecular weight excluding hydrogens is 398 g/mol. The smallest absolute Gasteiger partial charge is 0.262 e. The summed E-state index contributed by atoms with van der Waals surface area (Å²) < 4.78 is 0. The molecule has 0 radical (unpaired) electrons. The fourth-order valence-electron chi connectivity index (χ4n) is 3.85. The predicted octanol–water partition coefficient (Wildman–Crippen LogP) is 2.99. The highest BCUT2D eigenvalue weighted by Crippen LogP contribution is 2.25. The fourth-order valence-corrected chi connectivity index (χ4v) is 4.48. The van der Waals surface area contributed by atoms with Crippen molar-refractivity contribution in [1.82, 2.24) is 15.5 Å². The monoisotopic (exact) mass is 425 g/mol. The van der Waals surface area contributed by atoms with Crippen molar-refractivity contribution in [3.05, 3.63) is 57.8 Å². The third kappa shape index (κ3) is 4.90. The van der Waals surface area contributed by atoms with Crippen LogP contribution in [0.4, 0.5) is 0 Å². The number of nitrogens with zero attached hydrogens (tertiary/aromatic N) is 1. The number of carbonyl (C=O) groups excluding carboxylic acids is 3. The minimum atomic E-state index is -0.572. The number of hydrogen-bond donors (Lipinski definition) is 2. The molecule has 158 valence electrons. The number of benzene rings is 1. The third-order valence-corrected chi connectivity index (χ3v) is 6.70. The molecule has 2 aliphatic rings. The average Bonchev–Trinajstić information content (AvgIpc) is 3.39. The van der Waals surface area contributed by atoms with Gasteiger partial charge in [-0.15, -0.1) is 11.3 Å². The zero-order chi connectivity index (χ0) is 21.1. The molecule has 2 heterocycles. The molecule has 1 aromatic heterocycles. The van der Waals surface area contributed by atoms with Gasteiger partial charge in [-0.3, -0.25) is 14.4 Å². The van der Waals surface area contributed by atoms with Crippen molar-refractivity contribution in [1.29, 1.82) is 0 Å². The Morgan fingerprint density at radius 2 is 1.73 bits per heavy atom. The van der Waals surface area contributed by atoms with Crippen LogP contribution in [0.2, 0.25) is 0 Å². The van der Waals surface area contributed by atoms with E-state index in [-0.39, 0.29) is 29.7 Å². The molecule has 0 spiro atoms. The van der Waals surface area contributed by atoms with Gasteiger partial charge in [0.15, 0.2) is 0 Å². The second kappa shape index (κ2) is 9.00. The highest BCUT2D eigenvalue weighted by molar-refractivity contribution is 7.12. The van der Waals surface area contributed by atoms with Crippen molar-refractivity contribution in [2.75, 3.05) is 13.1 Å². The van der Waals surface area contributed by atoms with Crippen LogP contribution >= 0.6 is 11.3 Å². The molecule has 2 N–H and O–H groups in total. The van der Waals surface area contributed by atoms with Gasteiger partial charge in [0.05, 0.1) is 4.88 Å². The molecule has 30 heavy (non-hydrogen) atoms. The van der Waals surface area contributed by atoms with E-state index >= 15 is 0 Å². The Kier molecular flexibility index (Phi) is 6.18. The van der Waals surface area contributed by atoms with E-state index in [9.17, 15) is 14.4 Å². The van der Waals surface area contributed by atoms with Crippen molar-refractivity contribution in [3.8, 4) is 0 Å². The number of amides is 3. The summed E-state index contributed by atoms with van der Waals surface area (Å²) in [5, 5.41) is 7.85. The summed E-state index contributed by atoms with van der Waals surface area (Å²) in [6.07, 6.45) is 3.37. The van der Waals surface area contributed by atoms with Crippen molar-refractivity contribution in [2.45, 2.75) is 44.7 Å². The van der Waals surface area contributed by atoms with Gasteiger partial charge >= 0.3 is 0 Å². The van der Waals surface area contributed by atoms with Gasteiger partial charge in [0.1, 0.15) is 6.04 Å². The minimum absolute atomic E-state index is 0.00901. The van der Waals surface area contributed by atoms with E-state index in [4.69, 9.17) is 0 Å². The van der Waals surface area contributed by atoms with Crippen LogP contribution in [0.3, 0.4) is 0 Å². The number of thiophene rings is 1. The van der Waals surface area contributed by atoms with Crippen molar-refractivity contribution < 1.29 is 14.4 Å². The van der Waals surface area contributed by atoms with Crippen LogP contribution in [0.1, 0.15) is 51.3 Å². The van der Waals surface area contributed by atoms with Crippen molar-refractivity contribution in [2.24, 2.45) is 5.92 Å². The molecule has 1 aromatic carbocycles. The molecule has 3 amide bonds. The number of likely N-dealkylation sites (tertiary alicyclic amines) is 1. The third-order valence-electron chi connectivity index (χ3n) is 5.83. The highest BCUT2D eigenvalue weighted by Gasteiger charge is 2.36. The van der Waals surface area contributed by atoms with Gasteiger partial charge in [-0.25, -0.2) is 0 Å². The Morgan fingerprint density at radius 3 is 2.33 bits per heavy atom. The normalized spacial score (nSPS) is 18.0. The van der Waals surface area contributed by atoms with E-state index in [1.807, 2.05) is 47.5 Å². The van der Waals surface area contributed by atoms with Gasteiger partial charge in [0.2, 0.25) is 5.91 Å². The zero-order valence-electron chi connectivity index (χ0n) is 17.1. The predicted molar refractivity (Wildman–Crippen MR) is 117 cm³/mol. The Morgan fingerprint density at radius 1 is 1.03 bits per heavy atom. The molecule has 2 aromatic rings. The first-order chi connectivity index (χ1) is 14.5.